The molecule has 0 aromatic carbocycles. The Morgan fingerprint density at radius 3 is 1.29 bits per heavy atom. The quantitative estimate of drug-likeness (QED) is 0.686. The van der Waals surface area contributed by atoms with E-state index in [0.29, 0.717) is 0 Å². The summed E-state index contributed by atoms with van der Waals surface area (Å²) in [6.07, 6.45) is 0. The Labute approximate surface area is 93.2 Å². The third-order valence-corrected chi connectivity index (χ3v) is 28.1. The van der Waals surface area contributed by atoms with E-state index in [1.807, 2.05) is 7.11 Å². The van der Waals surface area contributed by atoms with Gasteiger partial charge in [-0.2, -0.15) is 0 Å². The van der Waals surface area contributed by atoms with Gasteiger partial charge in [-0.25, -0.2) is 0 Å². The summed E-state index contributed by atoms with van der Waals surface area (Å²) in [4.78, 5) is 0. The maximum Gasteiger partial charge on any atom is 0.176 e. The lowest BCUT2D eigenvalue weighted by molar-refractivity contribution is 0.410. The Morgan fingerprint density at radius 1 is 0.857 bits per heavy atom. The minimum atomic E-state index is -1.46. The van der Waals surface area contributed by atoms with Crippen molar-refractivity contribution in [2.45, 2.75) is 57.9 Å². The van der Waals surface area contributed by atoms with Crippen molar-refractivity contribution >= 4 is 23.5 Å². The number of rotatable bonds is 4. The Kier molecular flexibility index (Phi) is 4.42. The largest absolute Gasteiger partial charge is 0.423 e. The monoisotopic (exact) mass is 248 g/mol. The Bertz CT molecular complexity index is 193. The zero-order valence-corrected chi connectivity index (χ0v) is 14.5. The molecule has 86 valence electrons. The van der Waals surface area contributed by atoms with E-state index in [0.717, 1.165) is 5.16 Å². The summed E-state index contributed by atoms with van der Waals surface area (Å²) in [7, 11) is -1.71. The molecule has 0 aliphatic rings. The zero-order chi connectivity index (χ0) is 11.8. The lowest BCUT2D eigenvalue weighted by Gasteiger charge is -2.46. The molecular weight excluding hydrogens is 220 g/mol. The molecule has 0 saturated carbocycles. The number of hydrogen-bond donors (Lipinski definition) is 0. The van der Waals surface area contributed by atoms with Crippen LogP contribution in [0.15, 0.2) is 0 Å². The second kappa shape index (κ2) is 4.23. The third-order valence-electron chi connectivity index (χ3n) is 4.04. The molecule has 4 heteroatoms. The fraction of sp³-hybridized carbons (Fsp3) is 1.00. The molecule has 0 spiro atoms. The normalized spacial score (nSPS) is 20.4. The molecule has 0 radical (unpaired) electrons. The summed E-state index contributed by atoms with van der Waals surface area (Å²) < 4.78 is 6.03. The van der Waals surface area contributed by atoms with Crippen LogP contribution in [0, 0.1) is 0 Å². The van der Waals surface area contributed by atoms with Crippen LogP contribution in [0.5, 0.6) is 0 Å². The summed E-state index contributed by atoms with van der Waals surface area (Å²) in [5.74, 6) is 0. The average Bonchev–Trinajstić information content (AvgIpc) is 1.97. The first-order valence-corrected chi connectivity index (χ1v) is 16.1. The lowest BCUT2D eigenvalue weighted by atomic mass is 10.9. The van der Waals surface area contributed by atoms with Crippen molar-refractivity contribution in [3.8, 4) is 0 Å². The van der Waals surface area contributed by atoms with Gasteiger partial charge >= 0.3 is 0 Å². The highest BCUT2D eigenvalue weighted by Crippen LogP contribution is 2.37. The van der Waals surface area contributed by atoms with Crippen molar-refractivity contribution < 1.29 is 4.43 Å². The van der Waals surface area contributed by atoms with E-state index in [2.05, 4.69) is 52.8 Å². The summed E-state index contributed by atoms with van der Waals surface area (Å²) in [5, 5.41) is 0.853. The van der Waals surface area contributed by atoms with E-state index >= 15 is 0 Å². The molecule has 0 bridgehead atoms. The fourth-order valence-electron chi connectivity index (χ4n) is 1.96. The summed E-state index contributed by atoms with van der Waals surface area (Å²) in [6.45, 7) is 19.7. The molecular formula is C10H28OSi3. The third kappa shape index (κ3) is 2.81. The van der Waals surface area contributed by atoms with Crippen LogP contribution in [0.2, 0.25) is 51.0 Å². The first-order valence-electron chi connectivity index (χ1n) is 5.52. The molecule has 0 aliphatic carbocycles. The van der Waals surface area contributed by atoms with Gasteiger partial charge < -0.3 is 4.43 Å². The molecule has 0 rings (SSSR count). The molecule has 14 heavy (non-hydrogen) atoms. The van der Waals surface area contributed by atoms with E-state index in [1.165, 1.54) is 0 Å². The van der Waals surface area contributed by atoms with Gasteiger partial charge in [0.25, 0.3) is 0 Å². The average molecular weight is 249 g/mol. The minimum absolute atomic E-state index is 0.853. The molecule has 0 aliphatic heterocycles. The van der Waals surface area contributed by atoms with Crippen LogP contribution in [0.3, 0.4) is 0 Å². The molecule has 0 aromatic rings. The maximum atomic E-state index is 6.03. The molecule has 0 unspecified atom stereocenters. The van der Waals surface area contributed by atoms with Crippen LogP contribution in [0.25, 0.3) is 0 Å². The number of hydrogen-bond acceptors (Lipinski definition) is 1. The highest BCUT2D eigenvalue weighted by Gasteiger charge is 2.50. The van der Waals surface area contributed by atoms with Crippen LogP contribution < -0.4 is 0 Å². The summed E-state index contributed by atoms with van der Waals surface area (Å²) in [5.41, 5.74) is 0. The molecule has 0 N–H and O–H groups in total. The molecule has 0 saturated heterocycles. The Balaban J connectivity index is 5.07. The van der Waals surface area contributed by atoms with Crippen LogP contribution in [-0.2, 0) is 4.43 Å². The van der Waals surface area contributed by atoms with Crippen molar-refractivity contribution in [2.75, 3.05) is 7.11 Å². The van der Waals surface area contributed by atoms with Gasteiger partial charge in [-0.15, -0.1) is 0 Å². The van der Waals surface area contributed by atoms with Gasteiger partial charge in [0.15, 0.2) is 7.83 Å². The first kappa shape index (κ1) is 14.6. The maximum absolute atomic E-state index is 6.03. The predicted molar refractivity (Wildman–Crippen MR) is 74.7 cm³/mol. The van der Waals surface area contributed by atoms with E-state index < -0.39 is 23.5 Å². The molecule has 0 heterocycles. The lowest BCUT2D eigenvalue weighted by Crippen LogP contribution is -2.63. The van der Waals surface area contributed by atoms with Gasteiger partial charge in [0.2, 0.25) is 0 Å². The van der Waals surface area contributed by atoms with Crippen molar-refractivity contribution in [1.82, 2.24) is 0 Å². The van der Waals surface area contributed by atoms with Crippen LogP contribution in [0.4, 0.5) is 0 Å². The van der Waals surface area contributed by atoms with Crippen molar-refractivity contribution in [2.24, 2.45) is 0 Å². The Morgan fingerprint density at radius 2 is 1.21 bits per heavy atom. The van der Waals surface area contributed by atoms with Gasteiger partial charge in [0, 0.05) is 15.2 Å². The van der Waals surface area contributed by atoms with Gasteiger partial charge in [0.05, 0.1) is 7.59 Å². The van der Waals surface area contributed by atoms with Crippen LogP contribution in [-0.4, -0.2) is 30.6 Å². The first-order chi connectivity index (χ1) is 5.97. The van der Waals surface area contributed by atoms with Crippen LogP contribution in [0.1, 0.15) is 6.92 Å². The van der Waals surface area contributed by atoms with Crippen molar-refractivity contribution in [3.05, 3.63) is 0 Å². The zero-order valence-electron chi connectivity index (χ0n) is 11.5. The van der Waals surface area contributed by atoms with Crippen molar-refractivity contribution in [3.63, 3.8) is 0 Å². The van der Waals surface area contributed by atoms with Gasteiger partial charge in [-0.1, -0.05) is 46.2 Å². The standard InChI is InChI=1S/C10H28OSi3/c1-10(12(3,4)5)14(9,11-2)13(6,7)8/h10H,1-9H3/t10-,14+/m0/s1. The van der Waals surface area contributed by atoms with Gasteiger partial charge in [0.1, 0.15) is 0 Å². The SMILES string of the molecule is CO[Si@@](C)([C@@H](C)[Si](C)(C)C)[Si](C)(C)C. The predicted octanol–water partition coefficient (Wildman–Crippen LogP) is 3.89. The second-order valence-electron chi connectivity index (χ2n) is 6.65. The molecule has 2 atom stereocenters. The molecule has 0 fully saturated rings. The highest BCUT2D eigenvalue weighted by atomic mass is 29.3. The van der Waals surface area contributed by atoms with Gasteiger partial charge in [-0.3, -0.25) is 0 Å². The Hall–Kier alpha value is 0.611. The van der Waals surface area contributed by atoms with Crippen LogP contribution >= 0.6 is 0 Å². The smallest absolute Gasteiger partial charge is 0.176 e. The molecule has 0 aromatic heterocycles. The highest BCUT2D eigenvalue weighted by molar-refractivity contribution is 7.41. The minimum Gasteiger partial charge on any atom is -0.423 e. The van der Waals surface area contributed by atoms with E-state index in [4.69, 9.17) is 4.43 Å². The van der Waals surface area contributed by atoms with E-state index in [-0.39, 0.29) is 0 Å². The van der Waals surface area contributed by atoms with E-state index in [9.17, 15) is 0 Å². The second-order valence-corrected chi connectivity index (χ2v) is 28.3. The fourth-order valence-corrected chi connectivity index (χ4v) is 24.7. The summed E-state index contributed by atoms with van der Waals surface area (Å²) >= 11 is 0. The van der Waals surface area contributed by atoms with Gasteiger partial charge in [-0.05, 0) is 11.7 Å². The topological polar surface area (TPSA) is 9.23 Å². The van der Waals surface area contributed by atoms with E-state index in [1.54, 1.807) is 0 Å². The van der Waals surface area contributed by atoms with Crippen molar-refractivity contribution in [1.29, 1.82) is 0 Å². The summed E-state index contributed by atoms with van der Waals surface area (Å²) in [6, 6.07) is 0. The molecule has 0 amide bonds. The molecule has 1 nitrogen and oxygen atoms in total.